The predicted molar refractivity (Wildman–Crippen MR) is 85.7 cm³/mol. The summed E-state index contributed by atoms with van der Waals surface area (Å²) in [5.74, 6) is 0. The van der Waals surface area contributed by atoms with Crippen molar-refractivity contribution in [1.82, 2.24) is 4.90 Å². The number of carbonyl (C=O) groups is 1. The maximum Gasteiger partial charge on any atom is 0.410 e. The second-order valence-electron chi connectivity index (χ2n) is 6.82. The van der Waals surface area contributed by atoms with Gasteiger partial charge in [-0.15, -0.1) is 0 Å². The van der Waals surface area contributed by atoms with Gasteiger partial charge in [0, 0.05) is 26.3 Å². The van der Waals surface area contributed by atoms with Gasteiger partial charge in [-0.05, 0) is 51.3 Å². The van der Waals surface area contributed by atoms with Gasteiger partial charge in [-0.3, -0.25) is 0 Å². The van der Waals surface area contributed by atoms with Gasteiger partial charge in [0.1, 0.15) is 5.60 Å². The fourth-order valence-corrected chi connectivity index (χ4v) is 2.65. The van der Waals surface area contributed by atoms with E-state index >= 15 is 0 Å². The molecule has 0 unspecified atom stereocenters. The van der Waals surface area contributed by atoms with Crippen LogP contribution in [-0.4, -0.2) is 37.2 Å². The van der Waals surface area contributed by atoms with Gasteiger partial charge in [-0.25, -0.2) is 4.79 Å². The Morgan fingerprint density at radius 2 is 1.86 bits per heavy atom. The van der Waals surface area contributed by atoms with Gasteiger partial charge < -0.3 is 14.5 Å². The van der Waals surface area contributed by atoms with E-state index in [1.807, 2.05) is 39.8 Å². The Labute approximate surface area is 127 Å². The summed E-state index contributed by atoms with van der Waals surface area (Å²) in [5, 5.41) is 0. The average molecular weight is 290 g/mol. The van der Waals surface area contributed by atoms with Gasteiger partial charge >= 0.3 is 6.09 Å². The molecule has 0 bridgehead atoms. The van der Waals surface area contributed by atoms with Crippen LogP contribution >= 0.6 is 0 Å². The number of rotatable bonds is 2. The summed E-state index contributed by atoms with van der Waals surface area (Å²) < 4.78 is 5.51. The van der Waals surface area contributed by atoms with Crippen LogP contribution in [0.3, 0.4) is 0 Å². The maximum atomic E-state index is 12.3. The summed E-state index contributed by atoms with van der Waals surface area (Å²) in [6, 6.07) is 8.56. The fraction of sp³-hybridized carbons (Fsp3) is 0.588. The Kier molecular flexibility index (Phi) is 4.45. The molecule has 0 aliphatic carbocycles. The van der Waals surface area contributed by atoms with Gasteiger partial charge in [-0.2, -0.15) is 0 Å². The van der Waals surface area contributed by atoms with Crippen molar-refractivity contribution >= 4 is 11.8 Å². The third-order valence-corrected chi connectivity index (χ3v) is 3.68. The van der Waals surface area contributed by atoms with Crippen LogP contribution in [0.4, 0.5) is 10.5 Å². The van der Waals surface area contributed by atoms with Crippen LogP contribution in [0.2, 0.25) is 0 Å². The lowest BCUT2D eigenvalue weighted by atomic mass is 10.0. The first-order valence-corrected chi connectivity index (χ1v) is 7.55. The highest BCUT2D eigenvalue weighted by atomic mass is 16.6. The predicted octanol–water partition coefficient (Wildman–Crippen LogP) is 3.82. The number of carbonyl (C=O) groups excluding carboxylic acids is 1. The number of anilines is 1. The zero-order chi connectivity index (χ0) is 15.6. The molecule has 0 spiro atoms. The smallest absolute Gasteiger partial charge is 0.410 e. The topological polar surface area (TPSA) is 32.8 Å². The minimum atomic E-state index is -0.445. The number of amides is 1. The molecule has 0 N–H and O–H groups in total. The summed E-state index contributed by atoms with van der Waals surface area (Å²) >= 11 is 0. The second kappa shape index (κ2) is 5.96. The molecular weight excluding hydrogens is 264 g/mol. The van der Waals surface area contributed by atoms with E-state index in [0.717, 1.165) is 19.4 Å². The van der Waals surface area contributed by atoms with Crippen molar-refractivity contribution < 1.29 is 9.53 Å². The van der Waals surface area contributed by atoms with E-state index < -0.39 is 5.60 Å². The van der Waals surface area contributed by atoms with E-state index in [2.05, 4.69) is 29.2 Å². The molecule has 0 radical (unpaired) electrons. The van der Waals surface area contributed by atoms with Crippen LogP contribution in [0.5, 0.6) is 0 Å². The van der Waals surface area contributed by atoms with Crippen molar-refractivity contribution in [2.75, 3.05) is 25.5 Å². The van der Waals surface area contributed by atoms with Gasteiger partial charge in [0.2, 0.25) is 0 Å². The minimum Gasteiger partial charge on any atom is -0.444 e. The van der Waals surface area contributed by atoms with E-state index in [1.54, 1.807) is 0 Å². The normalized spacial score (nSPS) is 18.7. The molecule has 1 heterocycles. The summed E-state index contributed by atoms with van der Waals surface area (Å²) in [6.45, 7) is 6.49. The molecule has 1 fully saturated rings. The maximum absolute atomic E-state index is 12.3. The summed E-state index contributed by atoms with van der Waals surface area (Å²) in [4.78, 5) is 16.2. The van der Waals surface area contributed by atoms with Crippen LogP contribution in [0.1, 0.15) is 45.2 Å². The van der Waals surface area contributed by atoms with Crippen molar-refractivity contribution in [2.45, 2.75) is 45.3 Å². The number of hydrogen-bond acceptors (Lipinski definition) is 3. The van der Waals surface area contributed by atoms with Crippen molar-refractivity contribution in [2.24, 2.45) is 0 Å². The molecule has 116 valence electrons. The number of nitrogens with zero attached hydrogens (tertiary/aromatic N) is 2. The van der Waals surface area contributed by atoms with Crippen molar-refractivity contribution in [3.8, 4) is 0 Å². The van der Waals surface area contributed by atoms with Crippen molar-refractivity contribution in [3.05, 3.63) is 29.8 Å². The Morgan fingerprint density at radius 3 is 2.38 bits per heavy atom. The average Bonchev–Trinajstić information content (AvgIpc) is 2.86. The van der Waals surface area contributed by atoms with E-state index in [0.29, 0.717) is 0 Å². The minimum absolute atomic E-state index is 0.135. The molecule has 0 saturated carbocycles. The molecule has 4 nitrogen and oxygen atoms in total. The number of likely N-dealkylation sites (tertiary alicyclic amines) is 1. The lowest BCUT2D eigenvalue weighted by Crippen LogP contribution is -2.36. The summed E-state index contributed by atoms with van der Waals surface area (Å²) in [5.41, 5.74) is 1.91. The fourth-order valence-electron chi connectivity index (χ4n) is 2.65. The zero-order valence-corrected chi connectivity index (χ0v) is 13.7. The van der Waals surface area contributed by atoms with Crippen molar-refractivity contribution in [1.29, 1.82) is 0 Å². The first-order chi connectivity index (χ1) is 9.78. The first kappa shape index (κ1) is 15.7. The molecule has 0 aromatic heterocycles. The van der Waals surface area contributed by atoms with Gasteiger partial charge in [-0.1, -0.05) is 12.1 Å². The van der Waals surface area contributed by atoms with Crippen molar-refractivity contribution in [3.63, 3.8) is 0 Å². The third-order valence-electron chi connectivity index (χ3n) is 3.68. The lowest BCUT2D eigenvalue weighted by molar-refractivity contribution is 0.0224. The van der Waals surface area contributed by atoms with Crippen LogP contribution in [0.15, 0.2) is 24.3 Å². The monoisotopic (exact) mass is 290 g/mol. The quantitative estimate of drug-likeness (QED) is 0.830. The molecule has 1 aliphatic rings. The van der Waals surface area contributed by atoms with E-state index in [9.17, 15) is 4.79 Å². The van der Waals surface area contributed by atoms with Crippen LogP contribution in [0, 0.1) is 0 Å². The van der Waals surface area contributed by atoms with Gasteiger partial charge in [0.25, 0.3) is 0 Å². The molecule has 21 heavy (non-hydrogen) atoms. The molecule has 1 aliphatic heterocycles. The van der Waals surface area contributed by atoms with E-state index in [-0.39, 0.29) is 12.1 Å². The third kappa shape index (κ3) is 3.90. The highest BCUT2D eigenvalue weighted by Gasteiger charge is 2.32. The Bertz CT molecular complexity index is 489. The molecule has 1 amide bonds. The summed E-state index contributed by atoms with van der Waals surface area (Å²) in [7, 11) is 4.05. The SMILES string of the molecule is CN(C)c1ccc([C@H]2CCCN2C(=O)OC(C)(C)C)cc1. The van der Waals surface area contributed by atoms with Gasteiger partial charge in [0.15, 0.2) is 0 Å². The Hall–Kier alpha value is -1.71. The van der Waals surface area contributed by atoms with Crippen LogP contribution in [0.25, 0.3) is 0 Å². The lowest BCUT2D eigenvalue weighted by Gasteiger charge is -2.29. The van der Waals surface area contributed by atoms with E-state index in [4.69, 9.17) is 4.74 Å². The second-order valence-corrected chi connectivity index (χ2v) is 6.82. The summed E-state index contributed by atoms with van der Waals surface area (Å²) in [6.07, 6.45) is 1.82. The Morgan fingerprint density at radius 1 is 1.24 bits per heavy atom. The van der Waals surface area contributed by atoms with Gasteiger partial charge in [0.05, 0.1) is 6.04 Å². The number of hydrogen-bond donors (Lipinski definition) is 0. The highest BCUT2D eigenvalue weighted by molar-refractivity contribution is 5.69. The van der Waals surface area contributed by atoms with Crippen LogP contribution in [-0.2, 0) is 4.74 Å². The molecule has 1 saturated heterocycles. The number of ether oxygens (including phenoxy) is 1. The first-order valence-electron chi connectivity index (χ1n) is 7.55. The zero-order valence-electron chi connectivity index (χ0n) is 13.7. The molecular formula is C17H26N2O2. The standard InChI is InChI=1S/C17H26N2O2/c1-17(2,3)21-16(20)19-12-6-7-15(19)13-8-10-14(11-9-13)18(4)5/h8-11,15H,6-7,12H2,1-5H3/t15-/m1/s1. The molecule has 1 atom stereocenters. The molecule has 4 heteroatoms. The highest BCUT2D eigenvalue weighted by Crippen LogP contribution is 2.33. The molecule has 1 aromatic carbocycles. The van der Waals surface area contributed by atoms with E-state index in [1.165, 1.54) is 11.3 Å². The Balaban J connectivity index is 2.13. The van der Waals surface area contributed by atoms with Crippen LogP contribution < -0.4 is 4.90 Å². The molecule has 1 aromatic rings. The molecule has 2 rings (SSSR count). The largest absolute Gasteiger partial charge is 0.444 e. The number of benzene rings is 1.